The molecule has 0 saturated carbocycles. The molecule has 0 spiro atoms. The van der Waals surface area contributed by atoms with E-state index < -0.39 is 15.9 Å². The zero-order chi connectivity index (χ0) is 19.6. The molecule has 0 aliphatic rings. The Labute approximate surface area is 167 Å². The molecule has 0 atom stereocenters. The van der Waals surface area contributed by atoms with E-state index in [-0.39, 0.29) is 21.6 Å². The fourth-order valence-electron chi connectivity index (χ4n) is 2.09. The first kappa shape index (κ1) is 19.3. The van der Waals surface area contributed by atoms with Crippen molar-refractivity contribution in [2.45, 2.75) is 4.90 Å². The van der Waals surface area contributed by atoms with Crippen molar-refractivity contribution in [3.8, 4) is 0 Å². The van der Waals surface area contributed by atoms with Gasteiger partial charge in [-0.2, -0.15) is 5.10 Å². The minimum absolute atomic E-state index is 0.00346. The second-order valence-electron chi connectivity index (χ2n) is 5.32. The average Bonchev–Trinajstić information content (AvgIpc) is 2.96. The molecule has 0 saturated heterocycles. The zero-order valence-electron chi connectivity index (χ0n) is 13.7. The molecule has 12 heteroatoms. The fraction of sp³-hybridized carbons (Fsp3) is 0.0667. The Balaban J connectivity index is 1.73. The molecular weight excluding hydrogens is 460 g/mol. The number of hydrogen-bond acceptors (Lipinski definition) is 6. The Kier molecular flexibility index (Phi) is 5.44. The molecule has 2 N–H and O–H groups in total. The van der Waals surface area contributed by atoms with Crippen LogP contribution in [0.4, 0.5) is 11.5 Å². The number of aryl methyl sites for hydroxylation is 1. The number of aromatic nitrogens is 4. The first-order valence-corrected chi connectivity index (χ1v) is 10.0. The molecule has 2 aromatic heterocycles. The van der Waals surface area contributed by atoms with Crippen molar-refractivity contribution >= 4 is 55.0 Å². The normalized spacial score (nSPS) is 11.2. The Bertz CT molecular complexity index is 1080. The summed E-state index contributed by atoms with van der Waals surface area (Å²) >= 11 is 8.87. The number of nitrogens with zero attached hydrogens (tertiary/aromatic N) is 4. The van der Waals surface area contributed by atoms with Gasteiger partial charge in [-0.15, -0.1) is 10.2 Å². The van der Waals surface area contributed by atoms with Crippen molar-refractivity contribution in [2.24, 2.45) is 7.05 Å². The maximum absolute atomic E-state index is 12.4. The fourth-order valence-corrected chi connectivity index (χ4v) is 3.74. The molecule has 27 heavy (non-hydrogen) atoms. The number of benzene rings is 1. The lowest BCUT2D eigenvalue weighted by Gasteiger charge is -2.08. The van der Waals surface area contributed by atoms with Gasteiger partial charge in [-0.25, -0.2) is 8.42 Å². The predicted molar refractivity (Wildman–Crippen MR) is 103 cm³/mol. The molecular formula is C15H12BrClN6O3S. The number of carbonyl (C=O) groups excluding carboxylic acids is 1. The van der Waals surface area contributed by atoms with Gasteiger partial charge in [0.05, 0.1) is 9.37 Å². The molecule has 2 heterocycles. The largest absolute Gasteiger partial charge is 0.321 e. The maximum Gasteiger partial charge on any atom is 0.277 e. The first-order valence-electron chi connectivity index (χ1n) is 7.37. The molecule has 0 aliphatic carbocycles. The number of sulfonamides is 1. The monoisotopic (exact) mass is 470 g/mol. The van der Waals surface area contributed by atoms with E-state index >= 15 is 0 Å². The number of halogens is 2. The quantitative estimate of drug-likeness (QED) is 0.590. The van der Waals surface area contributed by atoms with Crippen molar-refractivity contribution in [3.63, 3.8) is 0 Å². The number of hydrogen-bond donors (Lipinski definition) is 2. The average molecular weight is 472 g/mol. The molecule has 0 fully saturated rings. The third-order valence-corrected chi connectivity index (χ3v) is 5.45. The van der Waals surface area contributed by atoms with Crippen molar-refractivity contribution < 1.29 is 13.2 Å². The van der Waals surface area contributed by atoms with Gasteiger partial charge in [-0.05, 0) is 52.3 Å². The number of rotatable bonds is 5. The summed E-state index contributed by atoms with van der Waals surface area (Å²) in [6.07, 6.45) is 1.65. The van der Waals surface area contributed by atoms with Crippen LogP contribution in [0.5, 0.6) is 0 Å². The summed E-state index contributed by atoms with van der Waals surface area (Å²) in [7, 11) is -2.16. The molecule has 3 aromatic rings. The third-order valence-electron chi connectivity index (χ3n) is 3.29. The van der Waals surface area contributed by atoms with Gasteiger partial charge < -0.3 is 5.32 Å². The van der Waals surface area contributed by atoms with Gasteiger partial charge in [-0.3, -0.25) is 14.2 Å². The Hall–Kier alpha value is -2.50. The van der Waals surface area contributed by atoms with Crippen LogP contribution in [0, 0.1) is 0 Å². The number of carbonyl (C=O) groups is 1. The van der Waals surface area contributed by atoms with Crippen molar-refractivity contribution in [3.05, 3.63) is 57.9 Å². The predicted octanol–water partition coefficient (Wildman–Crippen LogP) is 2.68. The van der Waals surface area contributed by atoms with Crippen LogP contribution < -0.4 is 10.0 Å². The number of anilines is 2. The van der Waals surface area contributed by atoms with Crippen LogP contribution in [0.3, 0.4) is 0 Å². The minimum atomic E-state index is -3.86. The lowest BCUT2D eigenvalue weighted by Crippen LogP contribution is -2.15. The minimum Gasteiger partial charge on any atom is -0.321 e. The van der Waals surface area contributed by atoms with Gasteiger partial charge in [0.15, 0.2) is 16.7 Å². The second-order valence-corrected chi connectivity index (χ2v) is 8.25. The van der Waals surface area contributed by atoms with Crippen LogP contribution >= 0.6 is 27.5 Å². The highest BCUT2D eigenvalue weighted by atomic mass is 79.9. The summed E-state index contributed by atoms with van der Waals surface area (Å²) in [4.78, 5) is 12.2. The topological polar surface area (TPSA) is 119 Å². The Morgan fingerprint density at radius 2 is 1.85 bits per heavy atom. The summed E-state index contributed by atoms with van der Waals surface area (Å²) < 4.78 is 29.1. The van der Waals surface area contributed by atoms with E-state index in [1.165, 1.54) is 41.1 Å². The number of amides is 1. The molecule has 0 unspecified atom stereocenters. The number of nitrogens with one attached hydrogen (secondary N) is 2. The molecule has 9 nitrogen and oxygen atoms in total. The molecule has 0 bridgehead atoms. The highest BCUT2D eigenvalue weighted by Crippen LogP contribution is 2.19. The van der Waals surface area contributed by atoms with E-state index in [0.717, 1.165) is 0 Å². The van der Waals surface area contributed by atoms with E-state index in [1.54, 1.807) is 13.2 Å². The van der Waals surface area contributed by atoms with Crippen molar-refractivity contribution in [2.75, 3.05) is 10.0 Å². The van der Waals surface area contributed by atoms with Gasteiger partial charge in [-0.1, -0.05) is 11.6 Å². The van der Waals surface area contributed by atoms with Crippen LogP contribution in [0.2, 0.25) is 5.15 Å². The van der Waals surface area contributed by atoms with Gasteiger partial charge >= 0.3 is 0 Å². The van der Waals surface area contributed by atoms with Crippen LogP contribution in [0.1, 0.15) is 10.5 Å². The van der Waals surface area contributed by atoms with Crippen LogP contribution in [-0.2, 0) is 17.1 Å². The highest BCUT2D eigenvalue weighted by Gasteiger charge is 2.17. The molecule has 3 rings (SSSR count). The van der Waals surface area contributed by atoms with Crippen LogP contribution in [0.15, 0.2) is 52.0 Å². The molecule has 1 amide bonds. The molecule has 1 aromatic carbocycles. The second kappa shape index (κ2) is 7.62. The van der Waals surface area contributed by atoms with E-state index in [1.807, 2.05) is 0 Å². The van der Waals surface area contributed by atoms with E-state index in [0.29, 0.717) is 10.2 Å². The van der Waals surface area contributed by atoms with Crippen LogP contribution in [0.25, 0.3) is 0 Å². The Morgan fingerprint density at radius 3 is 2.41 bits per heavy atom. The lowest BCUT2D eigenvalue weighted by atomic mass is 10.3. The SMILES string of the molecule is Cn1cc(Br)c(C(=O)Nc2ccc(S(=O)(=O)Nc3ccc(Cl)nn3)cc2)n1. The Morgan fingerprint density at radius 1 is 1.15 bits per heavy atom. The van der Waals surface area contributed by atoms with E-state index in [9.17, 15) is 13.2 Å². The van der Waals surface area contributed by atoms with Gasteiger partial charge in [0.25, 0.3) is 15.9 Å². The molecule has 0 radical (unpaired) electrons. The standard InChI is InChI=1S/C15H12BrClN6O3S/c1-23-8-11(16)14(21-23)15(24)18-9-2-4-10(5-3-9)27(25,26)22-13-7-6-12(17)19-20-13/h2-8H,1H3,(H,18,24)(H,20,22). The highest BCUT2D eigenvalue weighted by molar-refractivity contribution is 9.10. The first-order chi connectivity index (χ1) is 12.7. The van der Waals surface area contributed by atoms with E-state index in [4.69, 9.17) is 11.6 Å². The van der Waals surface area contributed by atoms with Gasteiger partial charge in [0.1, 0.15) is 0 Å². The van der Waals surface area contributed by atoms with Crippen LogP contribution in [-0.4, -0.2) is 34.3 Å². The van der Waals surface area contributed by atoms with Gasteiger partial charge in [0, 0.05) is 18.9 Å². The van der Waals surface area contributed by atoms with E-state index in [2.05, 4.69) is 41.3 Å². The molecule has 140 valence electrons. The maximum atomic E-state index is 12.4. The van der Waals surface area contributed by atoms with Gasteiger partial charge in [0.2, 0.25) is 0 Å². The summed E-state index contributed by atoms with van der Waals surface area (Å²) in [6.45, 7) is 0. The van der Waals surface area contributed by atoms with Crippen molar-refractivity contribution in [1.29, 1.82) is 0 Å². The summed E-state index contributed by atoms with van der Waals surface area (Å²) in [5.41, 5.74) is 0.639. The smallest absolute Gasteiger partial charge is 0.277 e. The summed E-state index contributed by atoms with van der Waals surface area (Å²) in [6, 6.07) is 8.46. The summed E-state index contributed by atoms with van der Waals surface area (Å²) in [5, 5.41) is 14.1. The summed E-state index contributed by atoms with van der Waals surface area (Å²) in [5.74, 6) is -0.385. The van der Waals surface area contributed by atoms with Crippen molar-refractivity contribution in [1.82, 2.24) is 20.0 Å². The zero-order valence-corrected chi connectivity index (χ0v) is 16.9. The lowest BCUT2D eigenvalue weighted by molar-refractivity contribution is 0.102. The third kappa shape index (κ3) is 4.62. The molecule has 0 aliphatic heterocycles.